The summed E-state index contributed by atoms with van der Waals surface area (Å²) in [5.74, 6) is -0.327. The third-order valence-corrected chi connectivity index (χ3v) is 1.66. The molecule has 80 valence electrons. The lowest BCUT2D eigenvalue weighted by Crippen LogP contribution is -2.01. The van der Waals surface area contributed by atoms with Crippen molar-refractivity contribution in [3.05, 3.63) is 35.9 Å². The average Bonchev–Trinajstić information content (AvgIpc) is 2.25. The summed E-state index contributed by atoms with van der Waals surface area (Å²) in [7, 11) is 0. The summed E-state index contributed by atoms with van der Waals surface area (Å²) in [4.78, 5) is 10.2. The maximum atomic E-state index is 10.2. The Morgan fingerprint density at radius 3 is 2.53 bits per heavy atom. The number of carboxylic acid groups (broad SMARTS) is 1. The van der Waals surface area contributed by atoms with Crippen molar-refractivity contribution in [2.45, 2.75) is 0 Å². The number of aliphatic hydroxyl groups is 1. The predicted molar refractivity (Wildman–Crippen MR) is 55.7 cm³/mol. The summed E-state index contributed by atoms with van der Waals surface area (Å²) >= 11 is 0. The van der Waals surface area contributed by atoms with Crippen LogP contribution in [-0.4, -0.2) is 29.4 Å². The van der Waals surface area contributed by atoms with E-state index >= 15 is 0 Å². The van der Waals surface area contributed by atoms with Crippen molar-refractivity contribution in [3.63, 3.8) is 0 Å². The number of rotatable bonds is 5. The number of benzene rings is 1. The first-order valence-electron chi connectivity index (χ1n) is 4.47. The molecule has 0 fully saturated rings. The minimum absolute atomic E-state index is 0.0271. The second kappa shape index (κ2) is 5.82. The van der Waals surface area contributed by atoms with E-state index in [0.29, 0.717) is 5.75 Å². The van der Waals surface area contributed by atoms with Crippen LogP contribution in [0.2, 0.25) is 0 Å². The van der Waals surface area contributed by atoms with Crippen molar-refractivity contribution in [1.82, 2.24) is 0 Å². The van der Waals surface area contributed by atoms with Gasteiger partial charge < -0.3 is 14.9 Å². The molecule has 15 heavy (non-hydrogen) atoms. The summed E-state index contributed by atoms with van der Waals surface area (Å²) in [6, 6.07) is 6.92. The van der Waals surface area contributed by atoms with E-state index in [1.807, 2.05) is 0 Å². The van der Waals surface area contributed by atoms with Gasteiger partial charge in [0.15, 0.2) is 0 Å². The van der Waals surface area contributed by atoms with Gasteiger partial charge in [0.05, 0.1) is 6.61 Å². The van der Waals surface area contributed by atoms with E-state index < -0.39 is 5.97 Å². The van der Waals surface area contributed by atoms with Crippen molar-refractivity contribution in [1.29, 1.82) is 0 Å². The van der Waals surface area contributed by atoms with Crippen molar-refractivity contribution in [3.8, 4) is 5.75 Å². The Hall–Kier alpha value is -1.81. The molecule has 0 aliphatic carbocycles. The monoisotopic (exact) mass is 208 g/mol. The molecule has 0 aromatic heterocycles. The van der Waals surface area contributed by atoms with E-state index in [-0.39, 0.29) is 13.2 Å². The van der Waals surface area contributed by atoms with E-state index in [1.54, 1.807) is 24.3 Å². The SMILES string of the molecule is O=C(O)C=Cc1ccc(OCCO)cc1. The Kier molecular flexibility index (Phi) is 4.37. The molecule has 0 saturated carbocycles. The molecule has 0 spiro atoms. The summed E-state index contributed by atoms with van der Waals surface area (Å²) < 4.78 is 5.15. The van der Waals surface area contributed by atoms with Crippen LogP contribution in [-0.2, 0) is 4.79 Å². The lowest BCUT2D eigenvalue weighted by Gasteiger charge is -2.03. The van der Waals surface area contributed by atoms with Gasteiger partial charge in [0.25, 0.3) is 0 Å². The van der Waals surface area contributed by atoms with Gasteiger partial charge in [-0.1, -0.05) is 12.1 Å². The molecule has 1 aromatic carbocycles. The highest BCUT2D eigenvalue weighted by Gasteiger charge is 1.93. The highest BCUT2D eigenvalue weighted by atomic mass is 16.5. The minimum Gasteiger partial charge on any atom is -0.491 e. The second-order valence-corrected chi connectivity index (χ2v) is 2.81. The topological polar surface area (TPSA) is 66.8 Å². The van der Waals surface area contributed by atoms with E-state index in [4.69, 9.17) is 14.9 Å². The third-order valence-electron chi connectivity index (χ3n) is 1.66. The summed E-state index contributed by atoms with van der Waals surface area (Å²) in [6.07, 6.45) is 2.57. The van der Waals surface area contributed by atoms with E-state index in [0.717, 1.165) is 11.6 Å². The molecule has 2 N–H and O–H groups in total. The van der Waals surface area contributed by atoms with Gasteiger partial charge in [0.1, 0.15) is 12.4 Å². The van der Waals surface area contributed by atoms with Crippen LogP contribution in [0.15, 0.2) is 30.3 Å². The molecule has 0 aliphatic heterocycles. The largest absolute Gasteiger partial charge is 0.491 e. The Balaban J connectivity index is 2.60. The molecule has 4 nitrogen and oxygen atoms in total. The van der Waals surface area contributed by atoms with Crippen molar-refractivity contribution in [2.24, 2.45) is 0 Å². The molecular weight excluding hydrogens is 196 g/mol. The normalized spacial score (nSPS) is 10.5. The number of aliphatic hydroxyl groups excluding tert-OH is 1. The standard InChI is InChI=1S/C11H12O4/c12-7-8-15-10-4-1-9(2-5-10)3-6-11(13)14/h1-6,12H,7-8H2,(H,13,14). The van der Waals surface area contributed by atoms with Gasteiger partial charge in [0, 0.05) is 6.08 Å². The first-order valence-corrected chi connectivity index (χ1v) is 4.47. The van der Waals surface area contributed by atoms with Gasteiger partial charge in [-0.25, -0.2) is 4.79 Å². The molecule has 0 amide bonds. The summed E-state index contributed by atoms with van der Waals surface area (Å²) in [6.45, 7) is 0.227. The third kappa shape index (κ3) is 4.28. The Morgan fingerprint density at radius 1 is 1.33 bits per heavy atom. The van der Waals surface area contributed by atoms with Gasteiger partial charge in [-0.2, -0.15) is 0 Å². The lowest BCUT2D eigenvalue weighted by molar-refractivity contribution is -0.131. The first-order chi connectivity index (χ1) is 7.22. The molecule has 0 radical (unpaired) electrons. The predicted octanol–water partition coefficient (Wildman–Crippen LogP) is 1.16. The van der Waals surface area contributed by atoms with Crippen LogP contribution < -0.4 is 4.74 Å². The van der Waals surface area contributed by atoms with Crippen molar-refractivity contribution < 1.29 is 19.7 Å². The van der Waals surface area contributed by atoms with E-state index in [9.17, 15) is 4.79 Å². The molecule has 0 bridgehead atoms. The van der Waals surface area contributed by atoms with Crippen molar-refractivity contribution in [2.75, 3.05) is 13.2 Å². The number of hydrogen-bond donors (Lipinski definition) is 2. The smallest absolute Gasteiger partial charge is 0.328 e. The second-order valence-electron chi connectivity index (χ2n) is 2.81. The molecule has 0 aliphatic rings. The fourth-order valence-corrected chi connectivity index (χ4v) is 1.01. The minimum atomic E-state index is -0.976. The maximum absolute atomic E-state index is 10.2. The number of aliphatic carboxylic acids is 1. The average molecular weight is 208 g/mol. The van der Waals surface area contributed by atoms with Crippen LogP contribution in [0.3, 0.4) is 0 Å². The molecule has 1 aromatic rings. The lowest BCUT2D eigenvalue weighted by atomic mass is 10.2. The zero-order valence-corrected chi connectivity index (χ0v) is 8.09. The van der Waals surface area contributed by atoms with Crippen LogP contribution in [0.5, 0.6) is 5.75 Å². The Labute approximate surface area is 87.4 Å². The number of ether oxygens (including phenoxy) is 1. The van der Waals surface area contributed by atoms with Crippen LogP contribution in [0.25, 0.3) is 6.08 Å². The van der Waals surface area contributed by atoms with Crippen LogP contribution in [0, 0.1) is 0 Å². The van der Waals surface area contributed by atoms with E-state index in [1.165, 1.54) is 6.08 Å². The van der Waals surface area contributed by atoms with Crippen LogP contribution in [0.4, 0.5) is 0 Å². The van der Waals surface area contributed by atoms with E-state index in [2.05, 4.69) is 0 Å². The van der Waals surface area contributed by atoms with Crippen LogP contribution >= 0.6 is 0 Å². The molecular formula is C11H12O4. The summed E-state index contributed by atoms with van der Waals surface area (Å²) in [5, 5.41) is 16.9. The zero-order chi connectivity index (χ0) is 11.1. The Morgan fingerprint density at radius 2 is 2.00 bits per heavy atom. The molecule has 4 heteroatoms. The van der Waals surface area contributed by atoms with Crippen LogP contribution in [0.1, 0.15) is 5.56 Å². The quantitative estimate of drug-likeness (QED) is 0.712. The molecule has 1 rings (SSSR count). The van der Waals surface area contributed by atoms with Gasteiger partial charge in [-0.05, 0) is 23.8 Å². The maximum Gasteiger partial charge on any atom is 0.328 e. The molecule has 0 atom stereocenters. The fraction of sp³-hybridized carbons (Fsp3) is 0.182. The van der Waals surface area contributed by atoms with Gasteiger partial charge in [-0.3, -0.25) is 0 Å². The highest BCUT2D eigenvalue weighted by molar-refractivity contribution is 5.85. The Bertz CT molecular complexity index is 340. The van der Waals surface area contributed by atoms with Gasteiger partial charge in [0.2, 0.25) is 0 Å². The first kappa shape index (κ1) is 11.3. The number of carboxylic acids is 1. The molecule has 0 heterocycles. The highest BCUT2D eigenvalue weighted by Crippen LogP contribution is 2.12. The summed E-state index contributed by atoms with van der Waals surface area (Å²) in [5.41, 5.74) is 0.786. The molecule has 0 saturated heterocycles. The van der Waals surface area contributed by atoms with Gasteiger partial charge in [-0.15, -0.1) is 0 Å². The van der Waals surface area contributed by atoms with Crippen molar-refractivity contribution >= 4 is 12.0 Å². The molecule has 0 unspecified atom stereocenters. The number of carbonyl (C=O) groups is 1. The zero-order valence-electron chi connectivity index (χ0n) is 8.09. The number of hydrogen-bond acceptors (Lipinski definition) is 3. The fourth-order valence-electron chi connectivity index (χ4n) is 1.01. The van der Waals surface area contributed by atoms with Gasteiger partial charge >= 0.3 is 5.97 Å².